The van der Waals surface area contributed by atoms with Gasteiger partial charge in [0.15, 0.2) is 5.69 Å². The minimum absolute atomic E-state index is 0.119. The molecule has 30 heavy (non-hydrogen) atoms. The van der Waals surface area contributed by atoms with Gasteiger partial charge in [0.1, 0.15) is 18.0 Å². The molecule has 2 amide bonds. The molecule has 2 aromatic heterocycles. The molecular formula is C23H26N4O3. The molecule has 3 aromatic rings. The Bertz CT molecular complexity index is 973. The average molecular weight is 406 g/mol. The summed E-state index contributed by atoms with van der Waals surface area (Å²) in [5, 5.41) is 2.97. The summed E-state index contributed by atoms with van der Waals surface area (Å²) in [6.07, 6.45) is 5.60. The van der Waals surface area contributed by atoms with E-state index in [0.717, 1.165) is 31.5 Å². The number of carbonyl (C=O) groups excluding carboxylic acids is 2. The van der Waals surface area contributed by atoms with E-state index in [4.69, 9.17) is 4.42 Å². The lowest BCUT2D eigenvalue weighted by atomic mass is 9.99. The molecule has 7 nitrogen and oxygen atoms in total. The van der Waals surface area contributed by atoms with Gasteiger partial charge in [0, 0.05) is 25.7 Å². The third kappa shape index (κ3) is 4.62. The van der Waals surface area contributed by atoms with Crippen molar-refractivity contribution >= 4 is 11.8 Å². The first-order chi connectivity index (χ1) is 14.6. The van der Waals surface area contributed by atoms with Crippen LogP contribution in [0.1, 0.15) is 58.2 Å². The van der Waals surface area contributed by atoms with Crippen molar-refractivity contribution < 1.29 is 14.0 Å². The first-order valence-corrected chi connectivity index (χ1v) is 10.3. The zero-order chi connectivity index (χ0) is 20.9. The number of aromatic nitrogens is 2. The molecule has 2 N–H and O–H groups in total. The maximum Gasteiger partial charge on any atom is 0.275 e. The molecule has 1 saturated heterocycles. The molecule has 4 rings (SSSR count). The van der Waals surface area contributed by atoms with Gasteiger partial charge in [0.2, 0.25) is 5.89 Å². The number of oxazole rings is 1. The third-order valence-corrected chi connectivity index (χ3v) is 5.54. The van der Waals surface area contributed by atoms with E-state index < -0.39 is 6.04 Å². The minimum atomic E-state index is -0.494. The van der Waals surface area contributed by atoms with Crippen molar-refractivity contribution in [3.05, 3.63) is 77.8 Å². The zero-order valence-electron chi connectivity index (χ0n) is 17.0. The number of piperidine rings is 1. The van der Waals surface area contributed by atoms with Crippen molar-refractivity contribution in [1.29, 1.82) is 0 Å². The molecule has 1 aliphatic heterocycles. The Morgan fingerprint density at radius 3 is 2.67 bits per heavy atom. The number of H-pyrrole nitrogens is 1. The number of hydrogen-bond donors (Lipinski definition) is 2. The van der Waals surface area contributed by atoms with Gasteiger partial charge in [-0.3, -0.25) is 9.59 Å². The Balaban J connectivity index is 1.53. The van der Waals surface area contributed by atoms with Gasteiger partial charge in [-0.2, -0.15) is 0 Å². The number of amides is 2. The Labute approximate surface area is 175 Å². The number of aromatic amines is 1. The number of nitrogens with zero attached hydrogens (tertiary/aromatic N) is 2. The van der Waals surface area contributed by atoms with E-state index in [1.165, 1.54) is 6.26 Å². The Kier molecular flexibility index (Phi) is 5.97. The molecule has 0 aliphatic carbocycles. The van der Waals surface area contributed by atoms with E-state index in [1.54, 1.807) is 18.3 Å². The van der Waals surface area contributed by atoms with Crippen LogP contribution in [0.5, 0.6) is 0 Å². The van der Waals surface area contributed by atoms with Crippen molar-refractivity contribution in [1.82, 2.24) is 20.2 Å². The van der Waals surface area contributed by atoms with Crippen LogP contribution in [-0.2, 0) is 6.42 Å². The highest BCUT2D eigenvalue weighted by molar-refractivity contribution is 5.93. The van der Waals surface area contributed by atoms with Crippen LogP contribution in [0.4, 0.5) is 0 Å². The molecule has 156 valence electrons. The van der Waals surface area contributed by atoms with Gasteiger partial charge >= 0.3 is 0 Å². The van der Waals surface area contributed by atoms with E-state index in [0.29, 0.717) is 23.9 Å². The van der Waals surface area contributed by atoms with Crippen molar-refractivity contribution in [2.24, 2.45) is 5.92 Å². The van der Waals surface area contributed by atoms with E-state index in [-0.39, 0.29) is 17.5 Å². The van der Waals surface area contributed by atoms with Crippen LogP contribution >= 0.6 is 0 Å². The van der Waals surface area contributed by atoms with Gasteiger partial charge in [-0.25, -0.2) is 4.98 Å². The summed E-state index contributed by atoms with van der Waals surface area (Å²) in [5.74, 6) is 0.593. The summed E-state index contributed by atoms with van der Waals surface area (Å²) in [7, 11) is 0. The average Bonchev–Trinajstić information content (AvgIpc) is 3.47. The Morgan fingerprint density at radius 2 is 1.97 bits per heavy atom. The predicted octanol–water partition coefficient (Wildman–Crippen LogP) is 3.59. The van der Waals surface area contributed by atoms with Crippen LogP contribution in [0.3, 0.4) is 0 Å². The normalized spacial score (nSPS) is 15.7. The molecule has 0 saturated carbocycles. The lowest BCUT2D eigenvalue weighted by Crippen LogP contribution is -2.38. The highest BCUT2D eigenvalue weighted by Gasteiger charge is 2.27. The van der Waals surface area contributed by atoms with E-state index >= 15 is 0 Å². The molecule has 1 aromatic carbocycles. The van der Waals surface area contributed by atoms with Gasteiger partial charge in [-0.05, 0) is 36.5 Å². The number of rotatable bonds is 6. The lowest BCUT2D eigenvalue weighted by Gasteiger charge is -2.29. The summed E-state index contributed by atoms with van der Waals surface area (Å²) in [4.78, 5) is 34.6. The molecule has 0 spiro atoms. The highest BCUT2D eigenvalue weighted by Crippen LogP contribution is 2.22. The van der Waals surface area contributed by atoms with Crippen molar-refractivity contribution in [3.8, 4) is 0 Å². The standard InChI is InChI=1S/C23H26N4O3/c1-16-9-12-27(13-10-16)23(29)20-15-30-22(26-20)19(14-17-6-3-2-4-7-17)25-21(28)18-8-5-11-24-18/h2-8,11,15-16,19,24H,9-10,12-14H2,1H3,(H,25,28)/t19-/m1/s1. The molecule has 7 heteroatoms. The van der Waals surface area contributed by atoms with Gasteiger partial charge in [-0.15, -0.1) is 0 Å². The molecule has 0 radical (unpaired) electrons. The summed E-state index contributed by atoms with van der Waals surface area (Å²) >= 11 is 0. The number of carbonyl (C=O) groups is 2. The second-order valence-corrected chi connectivity index (χ2v) is 7.85. The topological polar surface area (TPSA) is 91.2 Å². The van der Waals surface area contributed by atoms with Gasteiger partial charge in [0.25, 0.3) is 11.8 Å². The van der Waals surface area contributed by atoms with Crippen molar-refractivity contribution in [2.75, 3.05) is 13.1 Å². The summed E-state index contributed by atoms with van der Waals surface area (Å²) in [6, 6.07) is 12.8. The van der Waals surface area contributed by atoms with E-state index in [2.05, 4.69) is 22.2 Å². The molecule has 3 heterocycles. The maximum atomic E-state index is 12.8. The summed E-state index contributed by atoms with van der Waals surface area (Å²) < 4.78 is 5.67. The molecule has 1 fully saturated rings. The summed E-state index contributed by atoms with van der Waals surface area (Å²) in [5.41, 5.74) is 1.77. The zero-order valence-corrected chi connectivity index (χ0v) is 17.0. The first-order valence-electron chi connectivity index (χ1n) is 10.3. The maximum absolute atomic E-state index is 12.8. The lowest BCUT2D eigenvalue weighted by molar-refractivity contribution is 0.0691. The van der Waals surface area contributed by atoms with Gasteiger partial charge in [-0.1, -0.05) is 37.3 Å². The largest absolute Gasteiger partial charge is 0.446 e. The SMILES string of the molecule is CC1CCN(C(=O)c2coc([C@@H](Cc3ccccc3)NC(=O)c3ccc[nH]3)n2)CC1. The Hall–Kier alpha value is -3.35. The molecule has 0 unspecified atom stereocenters. The van der Waals surface area contributed by atoms with Gasteiger partial charge < -0.3 is 19.6 Å². The molecular weight excluding hydrogens is 380 g/mol. The van der Waals surface area contributed by atoms with Crippen LogP contribution in [0.25, 0.3) is 0 Å². The minimum Gasteiger partial charge on any atom is -0.446 e. The van der Waals surface area contributed by atoms with Crippen molar-refractivity contribution in [3.63, 3.8) is 0 Å². The second kappa shape index (κ2) is 8.98. The van der Waals surface area contributed by atoms with Crippen LogP contribution in [0.2, 0.25) is 0 Å². The number of hydrogen-bond acceptors (Lipinski definition) is 4. The third-order valence-electron chi connectivity index (χ3n) is 5.54. The molecule has 1 atom stereocenters. The highest BCUT2D eigenvalue weighted by atomic mass is 16.3. The second-order valence-electron chi connectivity index (χ2n) is 7.85. The number of nitrogens with one attached hydrogen (secondary N) is 2. The first kappa shape index (κ1) is 19.9. The number of likely N-dealkylation sites (tertiary alicyclic amines) is 1. The molecule has 1 aliphatic rings. The summed E-state index contributed by atoms with van der Waals surface area (Å²) in [6.45, 7) is 3.68. The van der Waals surface area contributed by atoms with Crippen LogP contribution in [0.15, 0.2) is 59.3 Å². The van der Waals surface area contributed by atoms with Crippen LogP contribution in [-0.4, -0.2) is 39.8 Å². The fourth-order valence-electron chi connectivity index (χ4n) is 3.68. The van der Waals surface area contributed by atoms with Gasteiger partial charge in [0.05, 0.1) is 0 Å². The van der Waals surface area contributed by atoms with Crippen molar-refractivity contribution in [2.45, 2.75) is 32.2 Å². The quantitative estimate of drug-likeness (QED) is 0.654. The predicted molar refractivity (Wildman–Crippen MR) is 112 cm³/mol. The number of benzene rings is 1. The van der Waals surface area contributed by atoms with Crippen LogP contribution < -0.4 is 5.32 Å². The molecule has 0 bridgehead atoms. The van der Waals surface area contributed by atoms with E-state index in [9.17, 15) is 9.59 Å². The monoisotopic (exact) mass is 406 g/mol. The van der Waals surface area contributed by atoms with E-state index in [1.807, 2.05) is 35.2 Å². The fourth-order valence-corrected chi connectivity index (χ4v) is 3.68. The Morgan fingerprint density at radius 1 is 1.20 bits per heavy atom. The fraction of sp³-hybridized carbons (Fsp3) is 0.348. The van der Waals surface area contributed by atoms with Crippen LogP contribution in [0, 0.1) is 5.92 Å². The smallest absolute Gasteiger partial charge is 0.275 e.